The van der Waals surface area contributed by atoms with Gasteiger partial charge in [-0.3, -0.25) is 0 Å². The second-order valence-corrected chi connectivity index (χ2v) is 2.44. The predicted molar refractivity (Wildman–Crippen MR) is 61.6 cm³/mol. The van der Waals surface area contributed by atoms with E-state index in [9.17, 15) is 0 Å². The minimum absolute atomic E-state index is 1.06. The molecule has 12 heavy (non-hydrogen) atoms. The highest BCUT2D eigenvalue weighted by Gasteiger charge is 2.09. The number of hydrogen-bond donors (Lipinski definition) is 0. The third-order valence-electron chi connectivity index (χ3n) is 1.39. The second kappa shape index (κ2) is 22.4. The minimum atomic E-state index is 1.06. The summed E-state index contributed by atoms with van der Waals surface area (Å²) in [4.78, 5) is 0. The molecule has 1 fully saturated rings. The van der Waals surface area contributed by atoms with Crippen LogP contribution in [0.5, 0.6) is 0 Å². The van der Waals surface area contributed by atoms with E-state index < -0.39 is 0 Å². The molecule has 0 N–H and O–H groups in total. The second-order valence-electron chi connectivity index (χ2n) is 2.44. The summed E-state index contributed by atoms with van der Waals surface area (Å²) in [6.07, 6.45) is 6.21. The molecule has 0 radical (unpaired) electrons. The third kappa shape index (κ3) is 22.6. The number of allylic oxidation sites excluding steroid dienone is 1. The van der Waals surface area contributed by atoms with E-state index in [1.54, 1.807) is 6.08 Å². The molecule has 0 unspecified atom stereocenters. The monoisotopic (exact) mass is 172 g/mol. The van der Waals surface area contributed by atoms with Crippen LogP contribution in [-0.4, -0.2) is 0 Å². The summed E-state index contributed by atoms with van der Waals surface area (Å²) in [6, 6.07) is 0. The van der Waals surface area contributed by atoms with Crippen LogP contribution >= 0.6 is 0 Å². The van der Waals surface area contributed by atoms with Crippen molar-refractivity contribution in [1.82, 2.24) is 0 Å². The lowest BCUT2D eigenvalue weighted by Gasteiger charge is -2.18. The first kappa shape index (κ1) is 17.7. The van der Waals surface area contributed by atoms with Crippen molar-refractivity contribution in [3.63, 3.8) is 0 Å². The highest BCUT2D eigenvalue weighted by Crippen LogP contribution is 2.24. The molecule has 0 spiro atoms. The molecule has 0 nitrogen and oxygen atoms in total. The first-order valence-corrected chi connectivity index (χ1v) is 5.38. The quantitative estimate of drug-likeness (QED) is 0.448. The normalized spacial score (nSPS) is 12.8. The van der Waals surface area contributed by atoms with E-state index in [0.717, 1.165) is 5.92 Å². The van der Waals surface area contributed by atoms with Gasteiger partial charge in [-0.1, -0.05) is 60.0 Å². The van der Waals surface area contributed by atoms with E-state index in [4.69, 9.17) is 0 Å². The Morgan fingerprint density at radius 2 is 1.25 bits per heavy atom. The average Bonchev–Trinajstić information content (AvgIpc) is 2.10. The van der Waals surface area contributed by atoms with E-state index in [1.807, 2.05) is 34.6 Å². The number of rotatable bonds is 0. The molecule has 1 saturated carbocycles. The fourth-order valence-corrected chi connectivity index (χ4v) is 0.612. The fraction of sp³-hybridized carbons (Fsp3) is 0.833. The minimum Gasteiger partial charge on any atom is -0.103 e. The van der Waals surface area contributed by atoms with Gasteiger partial charge >= 0.3 is 0 Å². The molecule has 0 aromatic carbocycles. The van der Waals surface area contributed by atoms with E-state index in [2.05, 4.69) is 13.5 Å². The van der Waals surface area contributed by atoms with Gasteiger partial charge in [0.05, 0.1) is 0 Å². The molecule has 0 aromatic rings. The standard InChI is InChI=1S/C5H10.C3H6.2C2H6/c1-5-3-2-4-5;1-3-2;2*1-2/h5H,2-4H2,1H3;3H,1H2,2H3;2*1-2H3. The van der Waals surface area contributed by atoms with Gasteiger partial charge in [0.1, 0.15) is 0 Å². The van der Waals surface area contributed by atoms with Crippen LogP contribution in [-0.2, 0) is 0 Å². The molecule has 0 saturated heterocycles. The zero-order valence-electron chi connectivity index (χ0n) is 9.98. The van der Waals surface area contributed by atoms with E-state index in [0.29, 0.717) is 0 Å². The van der Waals surface area contributed by atoms with Crippen LogP contribution in [0.25, 0.3) is 0 Å². The highest BCUT2D eigenvalue weighted by atomic mass is 14.1. The Kier molecular flexibility index (Phi) is 33.1. The molecule has 0 amide bonds. The summed E-state index contributed by atoms with van der Waals surface area (Å²) in [5.41, 5.74) is 0. The van der Waals surface area contributed by atoms with E-state index in [1.165, 1.54) is 19.3 Å². The van der Waals surface area contributed by atoms with Gasteiger partial charge in [0.15, 0.2) is 0 Å². The summed E-state index contributed by atoms with van der Waals surface area (Å²) in [5.74, 6) is 1.06. The molecule has 0 bridgehead atoms. The van der Waals surface area contributed by atoms with Crippen LogP contribution in [0.15, 0.2) is 12.7 Å². The topological polar surface area (TPSA) is 0 Å². The van der Waals surface area contributed by atoms with Crippen molar-refractivity contribution in [2.75, 3.05) is 0 Å². The molecular formula is C12H28. The van der Waals surface area contributed by atoms with Crippen LogP contribution in [0.4, 0.5) is 0 Å². The van der Waals surface area contributed by atoms with E-state index >= 15 is 0 Å². The zero-order valence-corrected chi connectivity index (χ0v) is 9.98. The summed E-state index contributed by atoms with van der Waals surface area (Å²) in [6.45, 7) is 15.6. The smallest absolute Gasteiger partial charge is 0.0443 e. The maximum Gasteiger partial charge on any atom is -0.0443 e. The van der Waals surface area contributed by atoms with Crippen molar-refractivity contribution in [2.45, 2.75) is 60.8 Å². The number of hydrogen-bond acceptors (Lipinski definition) is 0. The Balaban J connectivity index is -0.000000102. The Bertz CT molecular complexity index is 51.1. The van der Waals surface area contributed by atoms with Crippen LogP contribution in [0.3, 0.4) is 0 Å². The molecule has 1 aliphatic carbocycles. The lowest BCUT2D eigenvalue weighted by Crippen LogP contribution is -2.04. The molecule has 0 aromatic heterocycles. The Morgan fingerprint density at radius 1 is 1.08 bits per heavy atom. The highest BCUT2D eigenvalue weighted by molar-refractivity contribution is 4.62. The van der Waals surface area contributed by atoms with Crippen molar-refractivity contribution < 1.29 is 0 Å². The van der Waals surface area contributed by atoms with Gasteiger partial charge in [-0.15, -0.1) is 6.58 Å². The van der Waals surface area contributed by atoms with E-state index in [-0.39, 0.29) is 0 Å². The molecule has 1 rings (SSSR count). The Hall–Kier alpha value is -0.260. The summed E-state index contributed by atoms with van der Waals surface area (Å²) in [5, 5.41) is 0. The first-order valence-electron chi connectivity index (χ1n) is 5.38. The van der Waals surface area contributed by atoms with Crippen molar-refractivity contribution in [3.8, 4) is 0 Å². The molecule has 0 aliphatic heterocycles. The lowest BCUT2D eigenvalue weighted by molar-refractivity contribution is 0.346. The molecular weight excluding hydrogens is 144 g/mol. The molecule has 0 atom stereocenters. The van der Waals surface area contributed by atoms with Gasteiger partial charge in [0, 0.05) is 0 Å². The van der Waals surface area contributed by atoms with Gasteiger partial charge in [0.2, 0.25) is 0 Å². The van der Waals surface area contributed by atoms with Crippen LogP contribution in [0.1, 0.15) is 60.8 Å². The molecule has 0 heteroatoms. The van der Waals surface area contributed by atoms with Crippen molar-refractivity contribution in [3.05, 3.63) is 12.7 Å². The maximum absolute atomic E-state index is 3.36. The fourth-order valence-electron chi connectivity index (χ4n) is 0.612. The lowest BCUT2D eigenvalue weighted by atomic mass is 9.88. The van der Waals surface area contributed by atoms with Gasteiger partial charge in [-0.05, 0) is 12.8 Å². The van der Waals surface area contributed by atoms with Crippen LogP contribution in [0, 0.1) is 5.92 Å². The first-order chi connectivity index (χ1) is 5.81. The average molecular weight is 172 g/mol. The van der Waals surface area contributed by atoms with Gasteiger partial charge < -0.3 is 0 Å². The molecule has 76 valence electrons. The SMILES string of the molecule is C=CC.CC.CC.CC1CCC1. The zero-order chi connectivity index (χ0) is 10.4. The van der Waals surface area contributed by atoms with Crippen molar-refractivity contribution >= 4 is 0 Å². The van der Waals surface area contributed by atoms with Gasteiger partial charge in [0.25, 0.3) is 0 Å². The van der Waals surface area contributed by atoms with Gasteiger partial charge in [-0.25, -0.2) is 0 Å². The van der Waals surface area contributed by atoms with Gasteiger partial charge in [-0.2, -0.15) is 0 Å². The van der Waals surface area contributed by atoms with Crippen LogP contribution in [0.2, 0.25) is 0 Å². The van der Waals surface area contributed by atoms with Crippen molar-refractivity contribution in [2.24, 2.45) is 5.92 Å². The molecule has 1 aliphatic rings. The summed E-state index contributed by atoms with van der Waals surface area (Å²) in [7, 11) is 0. The van der Waals surface area contributed by atoms with Crippen molar-refractivity contribution in [1.29, 1.82) is 0 Å². The summed E-state index contributed by atoms with van der Waals surface area (Å²) >= 11 is 0. The Labute approximate surface area is 80.1 Å². The van der Waals surface area contributed by atoms with Crippen LogP contribution < -0.4 is 0 Å². The summed E-state index contributed by atoms with van der Waals surface area (Å²) < 4.78 is 0. The molecule has 0 heterocycles. The maximum atomic E-state index is 3.36. The Morgan fingerprint density at radius 3 is 1.25 bits per heavy atom. The predicted octanol–water partition coefficient (Wildman–Crippen LogP) is 5.05. The third-order valence-corrected chi connectivity index (χ3v) is 1.39. The largest absolute Gasteiger partial charge is 0.103 e.